The molecule has 5 rings (SSSR count). The molecule has 30 heavy (non-hydrogen) atoms. The second-order valence-corrected chi connectivity index (χ2v) is 13.0. The lowest BCUT2D eigenvalue weighted by Gasteiger charge is -2.58. The van der Waals surface area contributed by atoms with E-state index in [0.717, 1.165) is 54.3 Å². The number of aliphatic hydroxyl groups is 1. The molecule has 0 saturated heterocycles. The summed E-state index contributed by atoms with van der Waals surface area (Å²) in [5.74, 6) is 6.10. The fourth-order valence-electron chi connectivity index (χ4n) is 9.71. The van der Waals surface area contributed by atoms with Gasteiger partial charge in [-0.05, 0) is 111 Å². The molecule has 0 aliphatic heterocycles. The number of fused-ring (bicyclic) bond motifs is 5. The first-order valence-electron chi connectivity index (χ1n) is 13.2. The van der Waals surface area contributed by atoms with Crippen molar-refractivity contribution in [2.75, 3.05) is 0 Å². The fraction of sp³-hybridized carbons (Fsp3) is 0.862. The molecule has 0 aromatic carbocycles. The number of hydrogen-bond acceptors (Lipinski definition) is 1. The Balaban J connectivity index is 1.33. The summed E-state index contributed by atoms with van der Waals surface area (Å²) in [5, 5.41) is 10.2. The summed E-state index contributed by atoms with van der Waals surface area (Å²) in [6.45, 7) is 15.0. The van der Waals surface area contributed by atoms with Crippen molar-refractivity contribution in [3.8, 4) is 0 Å². The lowest BCUT2D eigenvalue weighted by Crippen LogP contribution is -2.50. The number of aliphatic hydroxyl groups excluding tert-OH is 1. The quantitative estimate of drug-likeness (QED) is 0.474. The Bertz CT molecular complexity index is 758. The Kier molecular flexibility index (Phi) is 5.13. The lowest BCUT2D eigenvalue weighted by molar-refractivity contribution is -0.0566. The van der Waals surface area contributed by atoms with Crippen molar-refractivity contribution in [1.29, 1.82) is 0 Å². The summed E-state index contributed by atoms with van der Waals surface area (Å²) in [4.78, 5) is 0. The normalized spacial score (nSPS) is 48.7. The van der Waals surface area contributed by atoms with E-state index < -0.39 is 0 Å². The highest BCUT2D eigenvalue weighted by atomic mass is 16.3. The van der Waals surface area contributed by atoms with Crippen LogP contribution in [-0.2, 0) is 0 Å². The molecule has 1 heteroatoms. The molecule has 3 saturated carbocycles. The van der Waals surface area contributed by atoms with Gasteiger partial charge in [0.05, 0.1) is 6.10 Å². The minimum Gasteiger partial charge on any atom is -0.393 e. The van der Waals surface area contributed by atoms with Crippen LogP contribution in [0.1, 0.15) is 99.3 Å². The van der Waals surface area contributed by atoms with Crippen LogP contribution in [0.25, 0.3) is 0 Å². The molecule has 0 heterocycles. The second kappa shape index (κ2) is 7.23. The Hall–Kier alpha value is -0.560. The van der Waals surface area contributed by atoms with Gasteiger partial charge in [-0.15, -0.1) is 0 Å². The molecule has 9 atom stereocenters. The maximum absolute atomic E-state index is 10.2. The van der Waals surface area contributed by atoms with Gasteiger partial charge in [0.15, 0.2) is 0 Å². The summed E-state index contributed by atoms with van der Waals surface area (Å²) in [6, 6.07) is 0. The summed E-state index contributed by atoms with van der Waals surface area (Å²) in [7, 11) is 0. The van der Waals surface area contributed by atoms with Crippen molar-refractivity contribution in [2.45, 2.75) is 105 Å². The van der Waals surface area contributed by atoms with Gasteiger partial charge in [0.1, 0.15) is 0 Å². The molecule has 0 amide bonds. The zero-order chi connectivity index (χ0) is 21.4. The van der Waals surface area contributed by atoms with E-state index in [1.807, 2.05) is 5.57 Å². The highest BCUT2D eigenvalue weighted by Crippen LogP contribution is 2.67. The minimum absolute atomic E-state index is 0.0821. The molecular formula is C29H46O. The van der Waals surface area contributed by atoms with Gasteiger partial charge in [0.2, 0.25) is 0 Å². The van der Waals surface area contributed by atoms with Crippen LogP contribution < -0.4 is 0 Å². The molecule has 0 bridgehead atoms. The zero-order valence-corrected chi connectivity index (χ0v) is 20.5. The lowest BCUT2D eigenvalue weighted by atomic mass is 9.47. The molecule has 6 unspecified atom stereocenters. The van der Waals surface area contributed by atoms with Crippen molar-refractivity contribution in [3.05, 3.63) is 22.8 Å². The summed E-state index contributed by atoms with van der Waals surface area (Å²) in [6.07, 6.45) is 14.2. The molecule has 0 spiro atoms. The van der Waals surface area contributed by atoms with Crippen molar-refractivity contribution in [1.82, 2.24) is 0 Å². The van der Waals surface area contributed by atoms with Crippen molar-refractivity contribution < 1.29 is 5.11 Å². The van der Waals surface area contributed by atoms with Crippen molar-refractivity contribution in [3.63, 3.8) is 0 Å². The van der Waals surface area contributed by atoms with Crippen LogP contribution in [0, 0.1) is 52.3 Å². The van der Waals surface area contributed by atoms with Crippen LogP contribution in [0.4, 0.5) is 0 Å². The first-order valence-corrected chi connectivity index (χ1v) is 13.2. The molecular weight excluding hydrogens is 364 g/mol. The van der Waals surface area contributed by atoms with Crippen LogP contribution in [0.5, 0.6) is 0 Å². The van der Waals surface area contributed by atoms with E-state index in [2.05, 4.69) is 47.6 Å². The first-order chi connectivity index (χ1) is 14.2. The highest BCUT2D eigenvalue weighted by Gasteiger charge is 2.59. The Morgan fingerprint density at radius 1 is 1.03 bits per heavy atom. The van der Waals surface area contributed by atoms with Gasteiger partial charge >= 0.3 is 0 Å². The second-order valence-electron chi connectivity index (χ2n) is 13.0. The van der Waals surface area contributed by atoms with E-state index in [1.54, 1.807) is 11.1 Å². The molecule has 1 N–H and O–H groups in total. The van der Waals surface area contributed by atoms with E-state index in [4.69, 9.17) is 0 Å². The fourth-order valence-corrected chi connectivity index (χ4v) is 9.71. The van der Waals surface area contributed by atoms with Gasteiger partial charge in [0.25, 0.3) is 0 Å². The molecule has 3 fully saturated rings. The SMILES string of the molecule is CC1=C(C[C@@H](C)C2CCC3C4CC=C5C[C@@H](O)CCC5(C)C4CCC32C)[C@H]1C(C)C. The molecule has 5 aliphatic rings. The average Bonchev–Trinajstić information content (AvgIpc) is 3.17. The van der Waals surface area contributed by atoms with Crippen molar-refractivity contribution in [2.24, 2.45) is 52.3 Å². The Labute approximate surface area is 185 Å². The molecule has 0 aromatic heterocycles. The predicted octanol–water partition coefficient (Wildman–Crippen LogP) is 7.55. The largest absolute Gasteiger partial charge is 0.393 e. The van der Waals surface area contributed by atoms with Crippen molar-refractivity contribution >= 4 is 0 Å². The maximum atomic E-state index is 10.2. The smallest absolute Gasteiger partial charge is 0.0577 e. The average molecular weight is 411 g/mol. The van der Waals surface area contributed by atoms with E-state index in [0.29, 0.717) is 10.8 Å². The third-order valence-corrected chi connectivity index (χ3v) is 11.3. The standard InChI is InChI=1S/C29H46O/c1-17(2)27-19(4)23(27)15-18(3)24-9-10-25-22-8-7-20-16-21(30)11-13-28(20,5)26(22)12-14-29(24,25)6/h7,17-18,21-22,24-27,30H,8-16H2,1-6H3/t18-,21+,22?,24?,25?,26?,27+,28?,29?/m1/s1. The van der Waals surface area contributed by atoms with Crippen LogP contribution in [0.2, 0.25) is 0 Å². The Morgan fingerprint density at radius 3 is 2.50 bits per heavy atom. The first kappa shape index (κ1) is 21.3. The molecule has 0 radical (unpaired) electrons. The van der Waals surface area contributed by atoms with Gasteiger partial charge in [0, 0.05) is 5.92 Å². The van der Waals surface area contributed by atoms with E-state index in [-0.39, 0.29) is 6.10 Å². The third kappa shape index (κ3) is 3.04. The number of rotatable bonds is 4. The minimum atomic E-state index is -0.0821. The Morgan fingerprint density at radius 2 is 1.80 bits per heavy atom. The topological polar surface area (TPSA) is 20.2 Å². The predicted molar refractivity (Wildman–Crippen MR) is 126 cm³/mol. The van der Waals surface area contributed by atoms with Gasteiger partial charge in [-0.3, -0.25) is 0 Å². The monoisotopic (exact) mass is 410 g/mol. The summed E-state index contributed by atoms with van der Waals surface area (Å²) >= 11 is 0. The van der Waals surface area contributed by atoms with Gasteiger partial charge in [-0.25, -0.2) is 0 Å². The van der Waals surface area contributed by atoms with E-state index in [9.17, 15) is 5.11 Å². The van der Waals surface area contributed by atoms with Crippen LogP contribution in [0.15, 0.2) is 22.8 Å². The molecule has 1 nitrogen and oxygen atoms in total. The van der Waals surface area contributed by atoms with E-state index >= 15 is 0 Å². The summed E-state index contributed by atoms with van der Waals surface area (Å²) < 4.78 is 0. The van der Waals surface area contributed by atoms with Gasteiger partial charge in [-0.2, -0.15) is 0 Å². The molecule has 168 valence electrons. The van der Waals surface area contributed by atoms with Gasteiger partial charge < -0.3 is 5.11 Å². The third-order valence-electron chi connectivity index (χ3n) is 11.3. The maximum Gasteiger partial charge on any atom is 0.0577 e. The number of allylic oxidation sites excluding steroid dienone is 3. The van der Waals surface area contributed by atoms with E-state index in [1.165, 1.54) is 44.9 Å². The van der Waals surface area contributed by atoms with Gasteiger partial charge in [-0.1, -0.05) is 57.4 Å². The summed E-state index contributed by atoms with van der Waals surface area (Å²) in [5.41, 5.74) is 6.10. The number of hydrogen-bond donors (Lipinski definition) is 1. The zero-order valence-electron chi connectivity index (χ0n) is 20.5. The van der Waals surface area contributed by atoms with Crippen LogP contribution in [0.3, 0.4) is 0 Å². The van der Waals surface area contributed by atoms with Crippen LogP contribution in [-0.4, -0.2) is 11.2 Å². The molecule has 5 aliphatic carbocycles. The van der Waals surface area contributed by atoms with Crippen LogP contribution >= 0.6 is 0 Å². The highest BCUT2D eigenvalue weighted by molar-refractivity contribution is 5.40. The molecule has 0 aromatic rings.